The third-order valence-electron chi connectivity index (χ3n) is 2.85. The monoisotopic (exact) mass is 249 g/mol. The highest BCUT2D eigenvalue weighted by molar-refractivity contribution is 5.49. The number of rotatable bonds is 2. The molecule has 1 heterocycles. The number of aryl methyl sites for hydroxylation is 1. The number of aromatic nitrogens is 1. The normalized spacial score (nSPS) is 12.4. The summed E-state index contributed by atoms with van der Waals surface area (Å²) < 4.78 is 26.5. The lowest BCUT2D eigenvalue weighted by Crippen LogP contribution is -2.17. The van der Waals surface area contributed by atoms with Gasteiger partial charge in [-0.2, -0.15) is 0 Å². The molecule has 0 saturated carbocycles. The number of nitrogens with two attached hydrogens (primary N) is 2. The van der Waals surface area contributed by atoms with E-state index in [0.717, 1.165) is 11.6 Å². The van der Waals surface area contributed by atoms with Gasteiger partial charge >= 0.3 is 0 Å². The molecule has 0 radical (unpaired) electrons. The predicted octanol–water partition coefficient (Wildman–Crippen LogP) is 2.30. The molecule has 1 unspecified atom stereocenters. The summed E-state index contributed by atoms with van der Waals surface area (Å²) in [6.45, 7) is 1.81. The smallest absolute Gasteiger partial charge is 0.131 e. The minimum Gasteiger partial charge on any atom is -0.383 e. The third kappa shape index (κ3) is 2.17. The zero-order chi connectivity index (χ0) is 13.3. The number of hydrogen-bond donors (Lipinski definition) is 2. The van der Waals surface area contributed by atoms with Crippen LogP contribution in [0.1, 0.15) is 22.7 Å². The lowest BCUT2D eigenvalue weighted by molar-refractivity contribution is 0.565. The summed E-state index contributed by atoms with van der Waals surface area (Å²) in [6, 6.07) is 4.27. The molecule has 3 nitrogen and oxygen atoms in total. The molecule has 0 spiro atoms. The standard InChI is InChI=1S/C13H13F2N3/c1-7-4-5-18-13(17)11(7)12(16)9-3-2-8(14)6-10(9)15/h2-6,12H,16H2,1H3,(H2,17,18). The number of hydrogen-bond acceptors (Lipinski definition) is 3. The Kier molecular flexibility index (Phi) is 3.25. The third-order valence-corrected chi connectivity index (χ3v) is 2.85. The molecule has 5 heteroatoms. The Bertz CT molecular complexity index is 564. The van der Waals surface area contributed by atoms with Gasteiger partial charge in [-0.05, 0) is 24.6 Å². The number of benzene rings is 1. The molecule has 1 atom stereocenters. The Hall–Kier alpha value is -2.01. The van der Waals surface area contributed by atoms with Crippen molar-refractivity contribution in [3.05, 3.63) is 58.8 Å². The number of nitrogen functional groups attached to an aromatic ring is 1. The highest BCUT2D eigenvalue weighted by Crippen LogP contribution is 2.28. The molecule has 1 aromatic carbocycles. The average molecular weight is 249 g/mol. The fraction of sp³-hybridized carbons (Fsp3) is 0.154. The van der Waals surface area contributed by atoms with Gasteiger partial charge in [-0.3, -0.25) is 0 Å². The highest BCUT2D eigenvalue weighted by atomic mass is 19.1. The zero-order valence-corrected chi connectivity index (χ0v) is 9.82. The minimum absolute atomic E-state index is 0.194. The van der Waals surface area contributed by atoms with Crippen molar-refractivity contribution in [1.82, 2.24) is 4.98 Å². The van der Waals surface area contributed by atoms with E-state index >= 15 is 0 Å². The molecular weight excluding hydrogens is 236 g/mol. The van der Waals surface area contributed by atoms with Crippen molar-refractivity contribution in [3.8, 4) is 0 Å². The van der Waals surface area contributed by atoms with Crippen molar-refractivity contribution >= 4 is 5.82 Å². The van der Waals surface area contributed by atoms with E-state index in [-0.39, 0.29) is 11.4 Å². The molecule has 0 saturated heterocycles. The van der Waals surface area contributed by atoms with E-state index in [9.17, 15) is 8.78 Å². The van der Waals surface area contributed by atoms with Crippen molar-refractivity contribution in [2.45, 2.75) is 13.0 Å². The molecule has 94 valence electrons. The molecule has 0 aliphatic heterocycles. The van der Waals surface area contributed by atoms with Gasteiger partial charge in [0.05, 0.1) is 6.04 Å². The van der Waals surface area contributed by atoms with Crippen LogP contribution in [0.15, 0.2) is 30.5 Å². The fourth-order valence-corrected chi connectivity index (χ4v) is 1.90. The van der Waals surface area contributed by atoms with Gasteiger partial charge in [0.1, 0.15) is 17.5 Å². The molecule has 0 aliphatic rings. The maximum atomic E-state index is 13.7. The Morgan fingerprint density at radius 1 is 1.22 bits per heavy atom. The largest absolute Gasteiger partial charge is 0.383 e. The first kappa shape index (κ1) is 12.4. The summed E-state index contributed by atoms with van der Waals surface area (Å²) in [6.07, 6.45) is 1.56. The van der Waals surface area contributed by atoms with Crippen molar-refractivity contribution < 1.29 is 8.78 Å². The molecule has 4 N–H and O–H groups in total. The summed E-state index contributed by atoms with van der Waals surface area (Å²) >= 11 is 0. The van der Waals surface area contributed by atoms with Crippen LogP contribution in [0.2, 0.25) is 0 Å². The second kappa shape index (κ2) is 4.70. The molecule has 18 heavy (non-hydrogen) atoms. The van der Waals surface area contributed by atoms with Crippen LogP contribution in [-0.2, 0) is 0 Å². The molecule has 0 fully saturated rings. The molecule has 2 aromatic rings. The second-order valence-electron chi connectivity index (χ2n) is 4.07. The van der Waals surface area contributed by atoms with Crippen LogP contribution < -0.4 is 11.5 Å². The van der Waals surface area contributed by atoms with Crippen LogP contribution in [0, 0.1) is 18.6 Å². The maximum absolute atomic E-state index is 13.7. The van der Waals surface area contributed by atoms with Crippen molar-refractivity contribution in [1.29, 1.82) is 0 Å². The van der Waals surface area contributed by atoms with Crippen molar-refractivity contribution in [3.63, 3.8) is 0 Å². The van der Waals surface area contributed by atoms with E-state index in [1.54, 1.807) is 12.3 Å². The van der Waals surface area contributed by atoms with Crippen LogP contribution in [0.25, 0.3) is 0 Å². The van der Waals surface area contributed by atoms with E-state index in [2.05, 4.69) is 4.98 Å². The summed E-state index contributed by atoms with van der Waals surface area (Å²) in [5.74, 6) is -1.07. The lowest BCUT2D eigenvalue weighted by atomic mass is 9.96. The van der Waals surface area contributed by atoms with Crippen LogP contribution >= 0.6 is 0 Å². The molecular formula is C13H13F2N3. The topological polar surface area (TPSA) is 64.9 Å². The van der Waals surface area contributed by atoms with Gasteiger partial charge in [0.2, 0.25) is 0 Å². The Balaban J connectivity index is 2.51. The maximum Gasteiger partial charge on any atom is 0.131 e. The first-order valence-corrected chi connectivity index (χ1v) is 5.42. The van der Waals surface area contributed by atoms with Gasteiger partial charge in [-0.25, -0.2) is 13.8 Å². The first-order chi connectivity index (χ1) is 8.50. The number of nitrogens with zero attached hydrogens (tertiary/aromatic N) is 1. The molecule has 0 amide bonds. The van der Waals surface area contributed by atoms with Gasteiger partial charge in [-0.15, -0.1) is 0 Å². The summed E-state index contributed by atoms with van der Waals surface area (Å²) in [5, 5.41) is 0. The van der Waals surface area contributed by atoms with Crippen molar-refractivity contribution in [2.24, 2.45) is 5.73 Å². The van der Waals surface area contributed by atoms with Crippen LogP contribution in [0.5, 0.6) is 0 Å². The van der Waals surface area contributed by atoms with E-state index in [1.165, 1.54) is 12.1 Å². The average Bonchev–Trinajstić information content (AvgIpc) is 2.28. The first-order valence-electron chi connectivity index (χ1n) is 5.42. The number of halogens is 2. The van der Waals surface area contributed by atoms with Gasteiger partial charge in [0.15, 0.2) is 0 Å². The van der Waals surface area contributed by atoms with Crippen LogP contribution in [0.3, 0.4) is 0 Å². The van der Waals surface area contributed by atoms with Crippen LogP contribution in [0.4, 0.5) is 14.6 Å². The number of anilines is 1. The molecule has 2 rings (SSSR count). The van der Waals surface area contributed by atoms with E-state index in [4.69, 9.17) is 11.5 Å². The van der Waals surface area contributed by atoms with E-state index in [0.29, 0.717) is 5.56 Å². The Morgan fingerprint density at radius 3 is 2.56 bits per heavy atom. The molecule has 0 bridgehead atoms. The van der Waals surface area contributed by atoms with Gasteiger partial charge < -0.3 is 11.5 Å². The zero-order valence-electron chi connectivity index (χ0n) is 9.82. The van der Waals surface area contributed by atoms with E-state index < -0.39 is 17.7 Å². The van der Waals surface area contributed by atoms with E-state index in [1.807, 2.05) is 6.92 Å². The predicted molar refractivity (Wildman–Crippen MR) is 65.8 cm³/mol. The Morgan fingerprint density at radius 2 is 1.94 bits per heavy atom. The SMILES string of the molecule is Cc1ccnc(N)c1C(N)c1ccc(F)cc1F. The summed E-state index contributed by atoms with van der Waals surface area (Å²) in [4.78, 5) is 3.94. The summed E-state index contributed by atoms with van der Waals surface area (Å²) in [5.41, 5.74) is 13.3. The van der Waals surface area contributed by atoms with Crippen LogP contribution in [-0.4, -0.2) is 4.98 Å². The highest BCUT2D eigenvalue weighted by Gasteiger charge is 2.18. The van der Waals surface area contributed by atoms with Crippen molar-refractivity contribution in [2.75, 3.05) is 5.73 Å². The van der Waals surface area contributed by atoms with Gasteiger partial charge in [-0.1, -0.05) is 6.07 Å². The summed E-state index contributed by atoms with van der Waals surface area (Å²) in [7, 11) is 0. The molecule has 0 aliphatic carbocycles. The lowest BCUT2D eigenvalue weighted by Gasteiger charge is -2.17. The Labute approximate surface area is 103 Å². The minimum atomic E-state index is -0.765. The fourth-order valence-electron chi connectivity index (χ4n) is 1.90. The quantitative estimate of drug-likeness (QED) is 0.858. The van der Waals surface area contributed by atoms with Gasteiger partial charge in [0.25, 0.3) is 0 Å². The molecule has 1 aromatic heterocycles. The second-order valence-corrected chi connectivity index (χ2v) is 4.07. The number of pyridine rings is 1. The van der Waals surface area contributed by atoms with Gasteiger partial charge in [0, 0.05) is 23.4 Å².